The normalized spacial score (nSPS) is 12.4. The van der Waals surface area contributed by atoms with Crippen molar-refractivity contribution in [3.8, 4) is 16.9 Å². The molecule has 8 N–H and O–H groups in total. The molecule has 2 heterocycles. The molecule has 8 aromatic rings. The van der Waals surface area contributed by atoms with E-state index in [1.165, 1.54) is 73.8 Å². The van der Waals surface area contributed by atoms with Crippen LogP contribution in [0.1, 0.15) is 42.2 Å². The lowest BCUT2D eigenvalue weighted by Gasteiger charge is -2.26. The van der Waals surface area contributed by atoms with Crippen molar-refractivity contribution in [2.75, 3.05) is 21.3 Å². The Bertz CT molecular complexity index is 3910. The number of aromatic carboxylic acids is 1. The number of hydrogen-bond acceptors (Lipinski definition) is 17. The molecule has 0 aliphatic heterocycles. The second kappa shape index (κ2) is 18.3. The van der Waals surface area contributed by atoms with Crippen molar-refractivity contribution in [1.29, 1.82) is 0 Å². The molecular weight excluding hydrogens is 985 g/mol. The van der Waals surface area contributed by atoms with Crippen molar-refractivity contribution >= 4 is 106 Å². The number of aromatic nitrogens is 4. The van der Waals surface area contributed by atoms with Crippen LogP contribution in [0.2, 0.25) is 0 Å². The van der Waals surface area contributed by atoms with E-state index in [0.29, 0.717) is 11.8 Å². The van der Waals surface area contributed by atoms with Crippen LogP contribution in [0.4, 0.5) is 46.3 Å². The van der Waals surface area contributed by atoms with Gasteiger partial charge in [0, 0.05) is 34.8 Å². The van der Waals surface area contributed by atoms with E-state index < -0.39 is 87.4 Å². The number of pyridine rings is 1. The maximum absolute atomic E-state index is 14.7. The van der Waals surface area contributed by atoms with Crippen molar-refractivity contribution in [3.63, 3.8) is 0 Å². The minimum absolute atomic E-state index is 0.00299. The van der Waals surface area contributed by atoms with Gasteiger partial charge in [-0.2, -0.15) is 36.0 Å². The molecule has 0 amide bonds. The number of rotatable bonds is 15. The average molecular weight is 1020 g/mol. The molecule has 358 valence electrons. The van der Waals surface area contributed by atoms with Crippen molar-refractivity contribution in [2.24, 2.45) is 7.05 Å². The Balaban J connectivity index is 1.23. The van der Waals surface area contributed by atoms with Gasteiger partial charge in [0.05, 0.1) is 45.0 Å². The number of aryl methyl sites for hydroxylation is 1. The zero-order valence-electron chi connectivity index (χ0n) is 36.0. The first kappa shape index (κ1) is 47.4. The van der Waals surface area contributed by atoms with E-state index in [2.05, 4.69) is 36.2 Å². The number of para-hydroxylation sites is 2. The number of carbonyl (C=O) groups excluding carboxylic acids is 2. The first-order valence-corrected chi connectivity index (χ1v) is 24.3. The van der Waals surface area contributed by atoms with Crippen LogP contribution in [0.15, 0.2) is 142 Å². The molecule has 0 saturated heterocycles. The summed E-state index contributed by atoms with van der Waals surface area (Å²) in [5, 5.41) is 21.1. The maximum atomic E-state index is 14.7. The predicted octanol–water partition coefficient (Wildman–Crippen LogP) is 6.85. The predicted molar refractivity (Wildman–Crippen MR) is 258 cm³/mol. The summed E-state index contributed by atoms with van der Waals surface area (Å²) in [5.41, 5.74) is -2.22. The Hall–Kier alpha value is -8.72. The lowest BCUT2D eigenvalue weighted by Crippen LogP contribution is -2.29. The van der Waals surface area contributed by atoms with Crippen LogP contribution in [0.3, 0.4) is 0 Å². The molecule has 1 unspecified atom stereocenters. The number of fused-ring (bicyclic) bond motifs is 2. The van der Waals surface area contributed by atoms with Gasteiger partial charge < -0.3 is 35.1 Å². The number of ketones is 2. The zero-order chi connectivity index (χ0) is 50.5. The summed E-state index contributed by atoms with van der Waals surface area (Å²) in [6.07, 6.45) is 0. The van der Waals surface area contributed by atoms with E-state index in [9.17, 15) is 59.0 Å². The molecule has 22 nitrogen and oxygen atoms in total. The summed E-state index contributed by atoms with van der Waals surface area (Å²) in [6.45, 7) is 0. The van der Waals surface area contributed by atoms with Gasteiger partial charge in [0.1, 0.15) is 15.5 Å². The van der Waals surface area contributed by atoms with E-state index in [1.807, 2.05) is 0 Å². The monoisotopic (exact) mass is 1020 g/mol. The second-order valence-electron chi connectivity index (χ2n) is 15.3. The van der Waals surface area contributed by atoms with Crippen LogP contribution >= 0.6 is 0 Å². The minimum Gasteiger partial charge on any atom is -0.478 e. The van der Waals surface area contributed by atoms with Crippen LogP contribution in [0, 0.1) is 0 Å². The molecule has 0 bridgehead atoms. The van der Waals surface area contributed by atoms with Crippen molar-refractivity contribution in [2.45, 2.75) is 9.79 Å². The lowest BCUT2D eigenvalue weighted by atomic mass is 9.80. The number of carbonyl (C=O) groups is 3. The SMILES string of the molecule is Cn1c(=O)c(C(=O)c2cccc(OS(=O)O)c2)c2c3c(c(Nc4cc(Nc5nc(Nc6ccccc6)nc(Nc6ccccc6C(=O)O)n5)c(S(=O)(=O)O)cc4S(=O)(=O)O)ccc31)C(=O)c1ccccc1-2. The van der Waals surface area contributed by atoms with Gasteiger partial charge in [-0.15, -0.1) is 0 Å². The Labute approximate surface area is 403 Å². The molecule has 1 atom stereocenters. The van der Waals surface area contributed by atoms with Crippen LogP contribution in [0.5, 0.6) is 5.75 Å². The molecule has 0 saturated carbocycles. The van der Waals surface area contributed by atoms with Crippen LogP contribution in [-0.2, 0) is 38.6 Å². The summed E-state index contributed by atoms with van der Waals surface area (Å²) in [6, 6.07) is 29.5. The van der Waals surface area contributed by atoms with Crippen LogP contribution in [0.25, 0.3) is 22.0 Å². The number of nitrogens with zero attached hydrogens (tertiary/aromatic N) is 4. The van der Waals surface area contributed by atoms with Gasteiger partial charge in [-0.25, -0.2) is 4.79 Å². The third-order valence-electron chi connectivity index (χ3n) is 10.9. The first-order chi connectivity index (χ1) is 33.8. The summed E-state index contributed by atoms with van der Waals surface area (Å²) in [7, 11) is -9.43. The topological polar surface area (TPSA) is 336 Å². The quantitative estimate of drug-likeness (QED) is 0.0296. The van der Waals surface area contributed by atoms with Crippen molar-refractivity contribution in [1.82, 2.24) is 19.5 Å². The third-order valence-corrected chi connectivity index (χ3v) is 13.1. The number of nitrogens with one attached hydrogen (secondary N) is 4. The first-order valence-electron chi connectivity index (χ1n) is 20.4. The number of anilines is 8. The summed E-state index contributed by atoms with van der Waals surface area (Å²) in [5.74, 6) is -3.92. The van der Waals surface area contributed by atoms with Crippen molar-refractivity contribution in [3.05, 3.63) is 166 Å². The van der Waals surface area contributed by atoms with E-state index in [-0.39, 0.29) is 73.3 Å². The third kappa shape index (κ3) is 9.29. The minimum atomic E-state index is -5.41. The molecule has 0 radical (unpaired) electrons. The number of hydrogen-bond donors (Lipinski definition) is 8. The van der Waals surface area contributed by atoms with Gasteiger partial charge in [0.2, 0.25) is 17.8 Å². The second-order valence-corrected chi connectivity index (χ2v) is 18.7. The van der Waals surface area contributed by atoms with E-state index in [1.54, 1.807) is 42.5 Å². The fraction of sp³-hybridized carbons (Fsp3) is 0.0217. The molecule has 0 spiro atoms. The molecule has 71 heavy (non-hydrogen) atoms. The zero-order valence-corrected chi connectivity index (χ0v) is 38.5. The lowest BCUT2D eigenvalue weighted by molar-refractivity contribution is 0.0697. The Kier molecular flexibility index (Phi) is 12.2. The standard InChI is InChI=1S/C46H32N8O14S3/c1-54-33-19-18-30(37-38(33)36(26-14-5-6-15-27(26)41(37)56)39(42(54)57)40(55)23-10-9-13-25(20-23)68-69(60)61)48-31-21-32(35(71(65,66)67)22-34(31)70(62,63)64)50-46-52-44(47-24-11-3-2-4-12-24)51-45(53-46)49-29-17-8-7-16-28(29)43(58)59/h2-22,48H,1H3,(H,58,59)(H,60,61)(H,62,63,64)(H,65,66,67)(H3,47,49,50,51,52,53). The highest BCUT2D eigenvalue weighted by atomic mass is 32.2. The fourth-order valence-electron chi connectivity index (χ4n) is 7.95. The number of carboxylic acid groups (broad SMARTS) is 1. The van der Waals surface area contributed by atoms with Gasteiger partial charge >= 0.3 is 17.3 Å². The fourth-order valence-corrected chi connectivity index (χ4v) is 9.60. The van der Waals surface area contributed by atoms with E-state index in [4.69, 9.17) is 4.18 Å². The Morgan fingerprint density at radius 3 is 1.87 bits per heavy atom. The summed E-state index contributed by atoms with van der Waals surface area (Å²) < 4.78 is 100. The summed E-state index contributed by atoms with van der Waals surface area (Å²) in [4.78, 5) is 66.2. The number of carboxylic acids is 1. The molecule has 0 fully saturated rings. The molecule has 1 aliphatic rings. The maximum Gasteiger partial charge on any atom is 0.357 e. The molecule has 2 aromatic heterocycles. The van der Waals surface area contributed by atoms with Gasteiger partial charge in [-0.05, 0) is 66.2 Å². The smallest absolute Gasteiger partial charge is 0.357 e. The molecule has 6 aromatic carbocycles. The van der Waals surface area contributed by atoms with Crippen molar-refractivity contribution < 1.29 is 58.4 Å². The highest BCUT2D eigenvalue weighted by Crippen LogP contribution is 2.45. The Morgan fingerprint density at radius 2 is 1.23 bits per heavy atom. The van der Waals surface area contributed by atoms with Gasteiger partial charge in [0.25, 0.3) is 25.8 Å². The van der Waals surface area contributed by atoms with E-state index in [0.717, 1.165) is 16.7 Å². The van der Waals surface area contributed by atoms with Crippen LogP contribution in [-0.4, -0.2) is 76.9 Å². The number of benzene rings is 6. The van der Waals surface area contributed by atoms with Gasteiger partial charge in [0.15, 0.2) is 11.6 Å². The van der Waals surface area contributed by atoms with Crippen LogP contribution < -0.4 is 31.0 Å². The highest BCUT2D eigenvalue weighted by Gasteiger charge is 2.35. The van der Waals surface area contributed by atoms with E-state index >= 15 is 0 Å². The van der Waals surface area contributed by atoms with Gasteiger partial charge in [-0.3, -0.25) is 28.0 Å². The van der Waals surface area contributed by atoms with Gasteiger partial charge in [-0.1, -0.05) is 66.7 Å². The molecule has 1 aliphatic carbocycles. The Morgan fingerprint density at radius 1 is 0.634 bits per heavy atom. The highest BCUT2D eigenvalue weighted by molar-refractivity contribution is 7.86. The summed E-state index contributed by atoms with van der Waals surface area (Å²) >= 11 is -2.76. The molecule has 9 rings (SSSR count). The largest absolute Gasteiger partial charge is 0.478 e. The molecular formula is C46H32N8O14S3. The molecule has 25 heteroatoms. The average Bonchev–Trinajstić information content (AvgIpc) is 3.31.